The third-order valence-electron chi connectivity index (χ3n) is 4.15. The third kappa shape index (κ3) is 9.78. The van der Waals surface area contributed by atoms with E-state index in [0.29, 0.717) is 36.3 Å². The molecule has 4 nitrogen and oxygen atoms in total. The molecule has 0 heterocycles. The summed E-state index contributed by atoms with van der Waals surface area (Å²) in [6.07, 6.45) is 0.381. The van der Waals surface area contributed by atoms with Crippen LogP contribution < -0.4 is 11.1 Å². The molecule has 0 amide bonds. The molecule has 26 heavy (non-hydrogen) atoms. The van der Waals surface area contributed by atoms with Gasteiger partial charge in [-0.3, -0.25) is 0 Å². The zero-order valence-electron chi connectivity index (χ0n) is 14.7. The van der Waals surface area contributed by atoms with Gasteiger partial charge in [-0.1, -0.05) is 24.4 Å². The van der Waals surface area contributed by atoms with Gasteiger partial charge in [0.15, 0.2) is 0 Å². The van der Waals surface area contributed by atoms with Gasteiger partial charge in [0.05, 0.1) is 5.56 Å². The van der Waals surface area contributed by atoms with Crippen LogP contribution in [-0.2, 0) is 12.6 Å². The number of benzene rings is 1. The summed E-state index contributed by atoms with van der Waals surface area (Å²) in [5, 5.41) is 21.1. The summed E-state index contributed by atoms with van der Waals surface area (Å²) in [5.74, 6) is 0. The van der Waals surface area contributed by atoms with E-state index in [1.807, 2.05) is 0 Å². The minimum Gasteiger partial charge on any atom is -0.427 e. The number of unbranched alkanes of at least 4 members (excludes halogenated alkanes) is 1. The van der Waals surface area contributed by atoms with Gasteiger partial charge in [-0.2, -0.15) is 13.2 Å². The highest BCUT2D eigenvalue weighted by Crippen LogP contribution is 2.32. The quantitative estimate of drug-likeness (QED) is 0.324. The van der Waals surface area contributed by atoms with Crippen LogP contribution in [0.5, 0.6) is 0 Å². The molecule has 1 unspecified atom stereocenters. The highest BCUT2D eigenvalue weighted by atomic mass is 35.5. The van der Waals surface area contributed by atoms with E-state index in [0.717, 1.165) is 44.4 Å². The molecule has 9 heteroatoms. The molecule has 1 aromatic carbocycles. The van der Waals surface area contributed by atoms with Gasteiger partial charge in [0.25, 0.3) is 0 Å². The lowest BCUT2D eigenvalue weighted by molar-refractivity contribution is -0.137. The molecule has 0 aliphatic rings. The maximum atomic E-state index is 12.7. The van der Waals surface area contributed by atoms with Gasteiger partial charge >= 0.3 is 13.3 Å². The Morgan fingerprint density at radius 3 is 2.50 bits per heavy atom. The number of hydrogen-bond donors (Lipinski definition) is 4. The molecule has 5 N–H and O–H groups in total. The Bertz CT molecular complexity index is 533. The number of rotatable bonds is 12. The van der Waals surface area contributed by atoms with E-state index in [1.54, 1.807) is 0 Å². The van der Waals surface area contributed by atoms with E-state index in [2.05, 4.69) is 5.32 Å². The van der Waals surface area contributed by atoms with Crippen molar-refractivity contribution in [2.75, 3.05) is 13.1 Å². The lowest BCUT2D eigenvalue weighted by atomic mass is 9.83. The average molecular weight is 395 g/mol. The van der Waals surface area contributed by atoms with Crippen molar-refractivity contribution in [3.05, 3.63) is 34.3 Å². The smallest absolute Gasteiger partial charge is 0.427 e. The third-order valence-corrected chi connectivity index (χ3v) is 4.52. The molecule has 1 aromatic rings. The summed E-state index contributed by atoms with van der Waals surface area (Å²) >= 11 is 5.97. The predicted molar refractivity (Wildman–Crippen MR) is 99.1 cm³/mol. The molecule has 148 valence electrons. The van der Waals surface area contributed by atoms with Gasteiger partial charge in [-0.15, -0.1) is 0 Å². The number of halogens is 4. The van der Waals surface area contributed by atoms with Crippen LogP contribution in [0.4, 0.5) is 13.2 Å². The second-order valence-electron chi connectivity index (χ2n) is 6.47. The van der Waals surface area contributed by atoms with E-state index in [-0.39, 0.29) is 6.04 Å². The number of nitrogens with two attached hydrogens (primary N) is 1. The first-order valence-electron chi connectivity index (χ1n) is 8.88. The summed E-state index contributed by atoms with van der Waals surface area (Å²) < 4.78 is 38.2. The van der Waals surface area contributed by atoms with Gasteiger partial charge in [0, 0.05) is 11.1 Å². The first kappa shape index (κ1) is 23.2. The number of aryl methyl sites for hydroxylation is 1. The molecule has 0 radical (unpaired) electrons. The van der Waals surface area contributed by atoms with Crippen molar-refractivity contribution >= 4 is 18.7 Å². The molecule has 0 aliphatic heterocycles. The number of alkyl halides is 3. The topological polar surface area (TPSA) is 78.5 Å². The summed E-state index contributed by atoms with van der Waals surface area (Å²) in [6.45, 7) is 1.41. The van der Waals surface area contributed by atoms with Crippen LogP contribution in [0, 0.1) is 0 Å². The zero-order chi connectivity index (χ0) is 19.6. The van der Waals surface area contributed by atoms with Crippen LogP contribution in [0.1, 0.15) is 43.2 Å². The molecule has 1 rings (SSSR count). The Morgan fingerprint density at radius 2 is 1.85 bits per heavy atom. The second kappa shape index (κ2) is 11.8. The molecule has 0 aromatic heterocycles. The van der Waals surface area contributed by atoms with Crippen molar-refractivity contribution in [3.63, 3.8) is 0 Å². The molecule has 0 aliphatic carbocycles. The molecule has 0 saturated carbocycles. The van der Waals surface area contributed by atoms with Gasteiger partial charge in [0.1, 0.15) is 0 Å². The molecular formula is C17H27BClF3N2O2. The second-order valence-corrected chi connectivity index (χ2v) is 6.88. The van der Waals surface area contributed by atoms with Crippen LogP contribution in [-0.4, -0.2) is 36.3 Å². The van der Waals surface area contributed by atoms with Crippen LogP contribution in [0.3, 0.4) is 0 Å². The summed E-state index contributed by atoms with van der Waals surface area (Å²) in [7, 11) is -1.25. The maximum Gasteiger partial charge on any atom is 0.451 e. The largest absolute Gasteiger partial charge is 0.451 e. The minimum atomic E-state index is -4.36. The highest BCUT2D eigenvalue weighted by molar-refractivity contribution is 6.40. The Kier molecular flexibility index (Phi) is 10.6. The van der Waals surface area contributed by atoms with Crippen LogP contribution in [0.2, 0.25) is 11.3 Å². The molecule has 1 atom stereocenters. The average Bonchev–Trinajstić information content (AvgIpc) is 2.55. The summed E-state index contributed by atoms with van der Waals surface area (Å²) in [5.41, 5.74) is 5.81. The fraction of sp³-hybridized carbons (Fsp3) is 0.647. The van der Waals surface area contributed by atoms with Crippen molar-refractivity contribution in [2.45, 2.75) is 57.1 Å². The predicted octanol–water partition coefficient (Wildman–Crippen LogP) is 3.24. The van der Waals surface area contributed by atoms with Crippen molar-refractivity contribution < 1.29 is 23.2 Å². The van der Waals surface area contributed by atoms with Gasteiger partial charge < -0.3 is 21.1 Å². The Morgan fingerprint density at radius 1 is 1.12 bits per heavy atom. The van der Waals surface area contributed by atoms with Crippen molar-refractivity contribution in [1.29, 1.82) is 0 Å². The standard InChI is InChI=1S/C17H27BClF3N2O2/c19-16-7-6-14(17(20,21)22)12-13(16)4-3-10-24-11-8-15(23)5-1-2-9-18(25)26/h6-7,12,15,24-26H,1-5,8-11,23H2. The van der Waals surface area contributed by atoms with Crippen molar-refractivity contribution in [1.82, 2.24) is 5.32 Å². The zero-order valence-corrected chi connectivity index (χ0v) is 15.5. The van der Waals surface area contributed by atoms with E-state index in [1.165, 1.54) is 6.07 Å². The van der Waals surface area contributed by atoms with E-state index in [4.69, 9.17) is 27.4 Å². The van der Waals surface area contributed by atoms with Gasteiger partial charge in [-0.25, -0.2) is 0 Å². The molecule has 0 spiro atoms. The summed E-state index contributed by atoms with van der Waals surface area (Å²) in [4.78, 5) is 0. The number of nitrogens with one attached hydrogen (secondary N) is 1. The minimum absolute atomic E-state index is 0.0521. The SMILES string of the molecule is NC(CCCCB(O)O)CCNCCCc1cc(C(F)(F)F)ccc1Cl. The Balaban J connectivity index is 2.17. The molecule has 0 saturated heterocycles. The summed E-state index contributed by atoms with van der Waals surface area (Å²) in [6, 6.07) is 3.45. The van der Waals surface area contributed by atoms with Crippen molar-refractivity contribution in [2.24, 2.45) is 5.73 Å². The first-order valence-corrected chi connectivity index (χ1v) is 9.26. The number of hydrogen-bond acceptors (Lipinski definition) is 4. The maximum absolute atomic E-state index is 12.7. The Hall–Kier alpha value is -0.795. The van der Waals surface area contributed by atoms with Gasteiger partial charge in [-0.05, 0) is 68.9 Å². The van der Waals surface area contributed by atoms with Crippen LogP contribution in [0.15, 0.2) is 18.2 Å². The fourth-order valence-corrected chi connectivity index (χ4v) is 2.85. The molecule has 0 fully saturated rings. The highest BCUT2D eigenvalue weighted by Gasteiger charge is 2.30. The van der Waals surface area contributed by atoms with E-state index < -0.39 is 18.9 Å². The Labute approximate surface area is 158 Å². The van der Waals surface area contributed by atoms with Crippen LogP contribution in [0.25, 0.3) is 0 Å². The van der Waals surface area contributed by atoms with Crippen LogP contribution >= 0.6 is 11.6 Å². The lowest BCUT2D eigenvalue weighted by Crippen LogP contribution is -2.27. The fourth-order valence-electron chi connectivity index (χ4n) is 2.64. The molecule has 0 bridgehead atoms. The normalized spacial score (nSPS) is 13.0. The van der Waals surface area contributed by atoms with E-state index in [9.17, 15) is 13.2 Å². The monoisotopic (exact) mass is 394 g/mol. The molecular weight excluding hydrogens is 367 g/mol. The van der Waals surface area contributed by atoms with Crippen molar-refractivity contribution in [3.8, 4) is 0 Å². The first-order chi connectivity index (χ1) is 12.2. The lowest BCUT2D eigenvalue weighted by Gasteiger charge is -2.13. The van der Waals surface area contributed by atoms with Gasteiger partial charge in [0.2, 0.25) is 0 Å². The van der Waals surface area contributed by atoms with E-state index >= 15 is 0 Å².